The lowest BCUT2D eigenvalue weighted by molar-refractivity contribution is -0.119. The zero-order valence-corrected chi connectivity index (χ0v) is 8.71. The van der Waals surface area contributed by atoms with Gasteiger partial charge in [0.2, 0.25) is 5.91 Å². The van der Waals surface area contributed by atoms with Crippen molar-refractivity contribution in [3.05, 3.63) is 23.8 Å². The number of nitrogens with two attached hydrogens (primary N) is 1. The molecule has 0 aromatic heterocycles. The Morgan fingerprint density at radius 2 is 2.33 bits per heavy atom. The minimum Gasteiger partial charge on any atom is -0.399 e. The van der Waals surface area contributed by atoms with Crippen LogP contribution in [0.15, 0.2) is 18.2 Å². The van der Waals surface area contributed by atoms with Crippen LogP contribution in [0.25, 0.3) is 0 Å². The maximum atomic E-state index is 11.0. The first-order valence-corrected chi connectivity index (χ1v) is 5.04. The van der Waals surface area contributed by atoms with Crippen LogP contribution in [0.3, 0.4) is 0 Å². The summed E-state index contributed by atoms with van der Waals surface area (Å²) in [4.78, 5) is 11.0. The second-order valence-corrected chi connectivity index (χ2v) is 3.92. The molecule has 1 amide bonds. The van der Waals surface area contributed by atoms with E-state index in [4.69, 9.17) is 5.73 Å². The lowest BCUT2D eigenvalue weighted by Crippen LogP contribution is -2.22. The van der Waals surface area contributed by atoms with Crippen molar-refractivity contribution >= 4 is 17.3 Å². The second kappa shape index (κ2) is 3.81. The number of carbonyl (C=O) groups excluding carboxylic acids is 1. The fourth-order valence-corrected chi connectivity index (χ4v) is 1.72. The van der Waals surface area contributed by atoms with E-state index in [2.05, 4.69) is 10.6 Å². The van der Waals surface area contributed by atoms with E-state index in [1.54, 1.807) is 0 Å². The highest BCUT2D eigenvalue weighted by atomic mass is 16.1. The van der Waals surface area contributed by atoms with Crippen molar-refractivity contribution in [2.24, 2.45) is 0 Å². The summed E-state index contributed by atoms with van der Waals surface area (Å²) in [6, 6.07) is 5.93. The van der Waals surface area contributed by atoms with E-state index in [0.717, 1.165) is 16.9 Å². The molecule has 4 heteroatoms. The quantitative estimate of drug-likeness (QED) is 0.628. The van der Waals surface area contributed by atoms with E-state index in [0.29, 0.717) is 13.0 Å². The Balaban J connectivity index is 2.10. The van der Waals surface area contributed by atoms with E-state index in [1.165, 1.54) is 0 Å². The number of anilines is 2. The molecule has 4 nitrogen and oxygen atoms in total. The molecule has 1 saturated heterocycles. The highest BCUT2D eigenvalue weighted by Crippen LogP contribution is 2.20. The molecule has 2 rings (SSSR count). The molecule has 0 aliphatic carbocycles. The number of hydrogen-bond donors (Lipinski definition) is 3. The van der Waals surface area contributed by atoms with Gasteiger partial charge in [0.15, 0.2) is 0 Å². The number of nitrogens with one attached hydrogen (secondary N) is 2. The topological polar surface area (TPSA) is 67.2 Å². The first-order chi connectivity index (χ1) is 7.15. The van der Waals surface area contributed by atoms with Crippen molar-refractivity contribution in [1.29, 1.82) is 0 Å². The molecule has 1 fully saturated rings. The highest BCUT2D eigenvalue weighted by Gasteiger charge is 2.21. The number of carbonyl (C=O) groups is 1. The predicted octanol–water partition coefficient (Wildman–Crippen LogP) is 0.878. The molecule has 1 unspecified atom stereocenters. The van der Waals surface area contributed by atoms with Gasteiger partial charge in [0.05, 0.1) is 6.04 Å². The number of hydrogen-bond acceptors (Lipinski definition) is 3. The summed E-state index contributed by atoms with van der Waals surface area (Å²) >= 11 is 0. The van der Waals surface area contributed by atoms with Crippen molar-refractivity contribution < 1.29 is 4.79 Å². The van der Waals surface area contributed by atoms with Crippen molar-refractivity contribution in [2.75, 3.05) is 17.6 Å². The van der Waals surface area contributed by atoms with Gasteiger partial charge in [-0.05, 0) is 24.6 Å². The van der Waals surface area contributed by atoms with Crippen LogP contribution in [0.2, 0.25) is 0 Å². The summed E-state index contributed by atoms with van der Waals surface area (Å²) in [7, 11) is 0. The minimum atomic E-state index is 0.106. The lowest BCUT2D eigenvalue weighted by Gasteiger charge is -2.14. The molecule has 0 spiro atoms. The first kappa shape index (κ1) is 9.83. The van der Waals surface area contributed by atoms with Gasteiger partial charge in [-0.2, -0.15) is 0 Å². The normalized spacial score (nSPS) is 20.1. The van der Waals surface area contributed by atoms with Crippen LogP contribution < -0.4 is 16.4 Å². The number of rotatable bonds is 2. The maximum Gasteiger partial charge on any atom is 0.222 e. The van der Waals surface area contributed by atoms with Gasteiger partial charge in [0.25, 0.3) is 0 Å². The van der Waals surface area contributed by atoms with E-state index in [1.807, 2.05) is 25.1 Å². The van der Waals surface area contributed by atoms with Gasteiger partial charge in [-0.1, -0.05) is 6.07 Å². The van der Waals surface area contributed by atoms with E-state index < -0.39 is 0 Å². The highest BCUT2D eigenvalue weighted by molar-refractivity contribution is 5.79. The lowest BCUT2D eigenvalue weighted by atomic mass is 10.1. The van der Waals surface area contributed by atoms with Crippen LogP contribution >= 0.6 is 0 Å². The fourth-order valence-electron chi connectivity index (χ4n) is 1.72. The van der Waals surface area contributed by atoms with Gasteiger partial charge in [-0.3, -0.25) is 4.79 Å². The molecule has 15 heavy (non-hydrogen) atoms. The Morgan fingerprint density at radius 1 is 1.53 bits per heavy atom. The zero-order valence-electron chi connectivity index (χ0n) is 8.71. The molecule has 1 atom stereocenters. The van der Waals surface area contributed by atoms with Crippen LogP contribution in [0, 0.1) is 6.92 Å². The summed E-state index contributed by atoms with van der Waals surface area (Å²) in [6.07, 6.45) is 0.536. The number of benzene rings is 1. The van der Waals surface area contributed by atoms with Crippen molar-refractivity contribution in [2.45, 2.75) is 19.4 Å². The van der Waals surface area contributed by atoms with E-state index in [-0.39, 0.29) is 11.9 Å². The summed E-state index contributed by atoms with van der Waals surface area (Å²) in [5.74, 6) is 0.106. The Hall–Kier alpha value is -1.71. The van der Waals surface area contributed by atoms with Gasteiger partial charge in [-0.25, -0.2) is 0 Å². The Morgan fingerprint density at radius 3 is 3.00 bits per heavy atom. The molecular formula is C11H15N3O. The largest absolute Gasteiger partial charge is 0.399 e. The fraction of sp³-hybridized carbons (Fsp3) is 0.364. The van der Waals surface area contributed by atoms with Crippen molar-refractivity contribution in [3.63, 3.8) is 0 Å². The third-order valence-corrected chi connectivity index (χ3v) is 2.60. The zero-order chi connectivity index (χ0) is 10.8. The molecular weight excluding hydrogens is 190 g/mol. The maximum absolute atomic E-state index is 11.0. The molecule has 1 aliphatic heterocycles. The summed E-state index contributed by atoms with van der Waals surface area (Å²) < 4.78 is 0. The number of nitrogen functional groups attached to an aromatic ring is 1. The molecule has 1 aromatic carbocycles. The Labute approximate surface area is 88.9 Å². The molecule has 80 valence electrons. The van der Waals surface area contributed by atoms with Gasteiger partial charge in [0, 0.05) is 24.3 Å². The van der Waals surface area contributed by atoms with Crippen LogP contribution in [0.1, 0.15) is 12.0 Å². The third kappa shape index (κ3) is 2.21. The smallest absolute Gasteiger partial charge is 0.222 e. The van der Waals surface area contributed by atoms with Crippen molar-refractivity contribution in [3.8, 4) is 0 Å². The van der Waals surface area contributed by atoms with Gasteiger partial charge in [-0.15, -0.1) is 0 Å². The van der Waals surface area contributed by atoms with Crippen LogP contribution in [0.4, 0.5) is 11.4 Å². The Kier molecular flexibility index (Phi) is 2.49. The van der Waals surface area contributed by atoms with E-state index in [9.17, 15) is 4.79 Å². The molecule has 4 N–H and O–H groups in total. The third-order valence-electron chi connectivity index (χ3n) is 2.60. The molecule has 1 aromatic rings. The molecule has 0 bridgehead atoms. The molecule has 1 aliphatic rings. The van der Waals surface area contributed by atoms with Gasteiger partial charge < -0.3 is 16.4 Å². The minimum absolute atomic E-state index is 0.106. The molecule has 0 saturated carbocycles. The molecule has 1 heterocycles. The van der Waals surface area contributed by atoms with Crippen LogP contribution in [-0.4, -0.2) is 18.5 Å². The first-order valence-electron chi connectivity index (χ1n) is 5.04. The summed E-state index contributed by atoms with van der Waals surface area (Å²) in [6.45, 7) is 2.71. The number of aryl methyl sites for hydroxylation is 1. The summed E-state index contributed by atoms with van der Waals surface area (Å²) in [5, 5.41) is 6.11. The Bertz CT molecular complexity index is 389. The average Bonchev–Trinajstić information content (AvgIpc) is 2.58. The monoisotopic (exact) mass is 205 g/mol. The van der Waals surface area contributed by atoms with Crippen molar-refractivity contribution in [1.82, 2.24) is 5.32 Å². The molecule has 0 radical (unpaired) electrons. The standard InChI is InChI=1S/C11H15N3O/c1-7-2-3-8(12)4-10(7)14-9-5-11(15)13-6-9/h2-4,9,14H,5-6,12H2,1H3,(H,13,15). The second-order valence-electron chi connectivity index (χ2n) is 3.92. The van der Waals surface area contributed by atoms with Crippen LogP contribution in [0.5, 0.6) is 0 Å². The number of amides is 1. The average molecular weight is 205 g/mol. The van der Waals surface area contributed by atoms with E-state index >= 15 is 0 Å². The van der Waals surface area contributed by atoms with Gasteiger partial charge in [0.1, 0.15) is 0 Å². The van der Waals surface area contributed by atoms with Gasteiger partial charge >= 0.3 is 0 Å². The van der Waals surface area contributed by atoms with Crippen LogP contribution in [-0.2, 0) is 4.79 Å². The SMILES string of the molecule is Cc1ccc(N)cc1NC1CNC(=O)C1. The summed E-state index contributed by atoms with van der Waals surface area (Å²) in [5.41, 5.74) is 8.60. The predicted molar refractivity (Wildman–Crippen MR) is 60.6 cm³/mol.